The van der Waals surface area contributed by atoms with Crippen LogP contribution in [0.3, 0.4) is 0 Å². The Hall–Kier alpha value is -3.60. The minimum Gasteiger partial charge on any atom is -0.453 e. The number of ether oxygens (including phenoxy) is 3. The molecule has 0 bridgehead atoms. The Morgan fingerprint density at radius 1 is 1.00 bits per heavy atom. The Morgan fingerprint density at radius 3 is 2.43 bits per heavy atom. The Morgan fingerprint density at radius 2 is 1.73 bits per heavy atom. The van der Waals surface area contributed by atoms with E-state index in [2.05, 4.69) is 10.2 Å². The van der Waals surface area contributed by atoms with Crippen molar-refractivity contribution in [2.24, 2.45) is 0 Å². The van der Waals surface area contributed by atoms with Gasteiger partial charge in [0.15, 0.2) is 12.4 Å². The molecule has 5 unspecified atom stereocenters. The molecule has 2 aliphatic rings. The van der Waals surface area contributed by atoms with Crippen molar-refractivity contribution in [1.29, 1.82) is 0 Å². The Bertz CT molecular complexity index is 1390. The summed E-state index contributed by atoms with van der Waals surface area (Å²) in [7, 11) is 0. The molecular weight excluding hydrogens is 560 g/mol. The lowest BCUT2D eigenvalue weighted by atomic mass is 9.97. The minimum absolute atomic E-state index is 0.00702. The first kappa shape index (κ1) is 31.8. The number of benzene rings is 3. The van der Waals surface area contributed by atoms with Crippen LogP contribution >= 0.6 is 0 Å². The standard InChI is InChI=1S/C35H42N2O7/c1-23(42-24(2)40)34(41)36-19-29-6-3-4-8-32(29)26-13-15-28(16-14-26)35-43-31(20-37-17-5-7-30(37)22-39)18-33(44-35)27-11-9-25(21-38)10-12-27/h3-4,6,8-16,23,30-31,33,35,38-39H,5,7,17-22H2,1-2H3,(H,36,41). The van der Waals surface area contributed by atoms with E-state index in [1.165, 1.54) is 6.92 Å². The first-order valence-corrected chi connectivity index (χ1v) is 15.3. The second-order valence-electron chi connectivity index (χ2n) is 11.6. The van der Waals surface area contributed by atoms with Crippen LogP contribution in [0.15, 0.2) is 72.8 Å². The van der Waals surface area contributed by atoms with Gasteiger partial charge in [0.05, 0.1) is 25.4 Å². The lowest BCUT2D eigenvalue weighted by Crippen LogP contribution is -2.42. The summed E-state index contributed by atoms with van der Waals surface area (Å²) in [4.78, 5) is 25.9. The van der Waals surface area contributed by atoms with Gasteiger partial charge in [-0.1, -0.05) is 72.8 Å². The van der Waals surface area contributed by atoms with Gasteiger partial charge >= 0.3 is 5.97 Å². The molecule has 0 spiro atoms. The topological polar surface area (TPSA) is 118 Å². The predicted octanol–water partition coefficient (Wildman–Crippen LogP) is 4.42. The van der Waals surface area contributed by atoms with E-state index in [0.717, 1.165) is 59.3 Å². The summed E-state index contributed by atoms with van der Waals surface area (Å²) in [6.45, 7) is 4.94. The van der Waals surface area contributed by atoms with Gasteiger partial charge in [0.25, 0.3) is 5.91 Å². The maximum atomic E-state index is 12.4. The second-order valence-corrected chi connectivity index (χ2v) is 11.6. The first-order valence-electron chi connectivity index (χ1n) is 15.3. The lowest BCUT2D eigenvalue weighted by molar-refractivity contribution is -0.253. The van der Waals surface area contributed by atoms with E-state index in [0.29, 0.717) is 13.0 Å². The van der Waals surface area contributed by atoms with Crippen molar-refractivity contribution < 1.29 is 34.0 Å². The maximum absolute atomic E-state index is 12.4. The molecule has 1 amide bonds. The highest BCUT2D eigenvalue weighted by Gasteiger charge is 2.35. The van der Waals surface area contributed by atoms with Crippen molar-refractivity contribution in [2.75, 3.05) is 19.7 Å². The van der Waals surface area contributed by atoms with Gasteiger partial charge in [0.2, 0.25) is 0 Å². The van der Waals surface area contributed by atoms with E-state index in [-0.39, 0.29) is 37.4 Å². The molecule has 3 N–H and O–H groups in total. The lowest BCUT2D eigenvalue weighted by Gasteiger charge is -2.38. The average Bonchev–Trinajstić information content (AvgIpc) is 3.50. The van der Waals surface area contributed by atoms with Crippen LogP contribution < -0.4 is 5.32 Å². The van der Waals surface area contributed by atoms with Crippen molar-refractivity contribution in [1.82, 2.24) is 10.2 Å². The molecule has 0 aromatic heterocycles. The van der Waals surface area contributed by atoms with E-state index in [1.54, 1.807) is 6.92 Å². The monoisotopic (exact) mass is 602 g/mol. The number of amides is 1. The molecular formula is C35H42N2O7. The fourth-order valence-corrected chi connectivity index (χ4v) is 6.04. The molecule has 3 aromatic carbocycles. The molecule has 3 aromatic rings. The SMILES string of the molecule is CC(=O)OC(C)C(=O)NCc1ccccc1-c1ccc(C2OC(CN3CCCC3CO)CC(c3ccc(CO)cc3)O2)cc1. The molecule has 5 rings (SSSR count). The van der Waals surface area contributed by atoms with Gasteiger partial charge in [-0.05, 0) is 54.1 Å². The summed E-state index contributed by atoms with van der Waals surface area (Å²) in [6, 6.07) is 24.0. The molecule has 44 heavy (non-hydrogen) atoms. The zero-order valence-corrected chi connectivity index (χ0v) is 25.4. The highest BCUT2D eigenvalue weighted by atomic mass is 16.7. The minimum atomic E-state index is -0.866. The number of nitrogens with one attached hydrogen (secondary N) is 1. The van der Waals surface area contributed by atoms with Crippen molar-refractivity contribution in [2.45, 2.75) is 76.9 Å². The van der Waals surface area contributed by atoms with Gasteiger partial charge in [0, 0.05) is 38.0 Å². The number of nitrogens with zero attached hydrogens (tertiary/aromatic N) is 1. The van der Waals surface area contributed by atoms with Crippen LogP contribution in [0.4, 0.5) is 0 Å². The van der Waals surface area contributed by atoms with Crippen LogP contribution in [0.25, 0.3) is 11.1 Å². The molecule has 0 aliphatic carbocycles. The van der Waals surface area contributed by atoms with Crippen LogP contribution in [0.5, 0.6) is 0 Å². The number of likely N-dealkylation sites (tertiary alicyclic amines) is 1. The average molecular weight is 603 g/mol. The van der Waals surface area contributed by atoms with Crippen LogP contribution in [0, 0.1) is 0 Å². The normalized spacial score (nSPS) is 22.8. The predicted molar refractivity (Wildman–Crippen MR) is 165 cm³/mol. The van der Waals surface area contributed by atoms with E-state index in [9.17, 15) is 19.8 Å². The van der Waals surface area contributed by atoms with Gasteiger partial charge in [-0.2, -0.15) is 0 Å². The number of esters is 1. The van der Waals surface area contributed by atoms with Crippen LogP contribution in [0.2, 0.25) is 0 Å². The number of carbonyl (C=O) groups excluding carboxylic acids is 2. The summed E-state index contributed by atoms with van der Waals surface area (Å²) in [5.41, 5.74) is 5.69. The zero-order chi connectivity index (χ0) is 31.1. The van der Waals surface area contributed by atoms with Crippen molar-refractivity contribution in [3.8, 4) is 11.1 Å². The van der Waals surface area contributed by atoms with E-state index >= 15 is 0 Å². The summed E-state index contributed by atoms with van der Waals surface area (Å²) >= 11 is 0. The molecule has 2 aliphatic heterocycles. The molecule has 0 radical (unpaired) electrons. The number of rotatable bonds is 11. The molecule has 9 heteroatoms. The van der Waals surface area contributed by atoms with E-state index in [4.69, 9.17) is 14.2 Å². The zero-order valence-electron chi connectivity index (χ0n) is 25.4. The highest BCUT2D eigenvalue weighted by Crippen LogP contribution is 2.39. The largest absolute Gasteiger partial charge is 0.453 e. The fraction of sp³-hybridized carbons (Fsp3) is 0.429. The summed E-state index contributed by atoms with van der Waals surface area (Å²) in [5, 5.41) is 22.2. The van der Waals surface area contributed by atoms with Crippen molar-refractivity contribution >= 4 is 11.9 Å². The number of aliphatic hydroxyl groups is 2. The summed E-state index contributed by atoms with van der Waals surface area (Å²) < 4.78 is 18.1. The Kier molecular flexibility index (Phi) is 10.8. The summed E-state index contributed by atoms with van der Waals surface area (Å²) in [6.07, 6.45) is 1.06. The smallest absolute Gasteiger partial charge is 0.303 e. The number of hydrogen-bond donors (Lipinski definition) is 3. The first-order chi connectivity index (χ1) is 21.3. The highest BCUT2D eigenvalue weighted by molar-refractivity contribution is 5.83. The van der Waals surface area contributed by atoms with Crippen molar-refractivity contribution in [3.63, 3.8) is 0 Å². The molecule has 2 saturated heterocycles. The second kappa shape index (κ2) is 14.9. The van der Waals surface area contributed by atoms with Crippen LogP contribution in [-0.2, 0) is 37.0 Å². The van der Waals surface area contributed by atoms with Crippen LogP contribution in [-0.4, -0.2) is 64.9 Å². The Labute approximate surface area is 258 Å². The number of carbonyl (C=O) groups is 2. The third kappa shape index (κ3) is 7.91. The molecule has 234 valence electrons. The fourth-order valence-electron chi connectivity index (χ4n) is 6.04. The molecule has 9 nitrogen and oxygen atoms in total. The van der Waals surface area contributed by atoms with Crippen LogP contribution in [0.1, 0.15) is 67.8 Å². The molecule has 0 saturated carbocycles. The van der Waals surface area contributed by atoms with Gasteiger partial charge in [-0.3, -0.25) is 14.5 Å². The van der Waals surface area contributed by atoms with Gasteiger partial charge in [0.1, 0.15) is 0 Å². The molecule has 2 heterocycles. The molecule has 5 atom stereocenters. The Balaban J connectivity index is 1.32. The van der Waals surface area contributed by atoms with E-state index in [1.807, 2.05) is 72.8 Å². The number of hydrogen-bond acceptors (Lipinski definition) is 8. The summed E-state index contributed by atoms with van der Waals surface area (Å²) in [5.74, 6) is -0.854. The van der Waals surface area contributed by atoms with E-state index < -0.39 is 18.4 Å². The van der Waals surface area contributed by atoms with Crippen molar-refractivity contribution in [3.05, 3.63) is 95.1 Å². The third-order valence-electron chi connectivity index (χ3n) is 8.44. The number of aliphatic hydroxyl groups excluding tert-OH is 2. The van der Waals surface area contributed by atoms with Gasteiger partial charge in [-0.15, -0.1) is 0 Å². The maximum Gasteiger partial charge on any atom is 0.303 e. The quantitative estimate of drug-likeness (QED) is 0.276. The molecule has 2 fully saturated rings. The third-order valence-corrected chi connectivity index (χ3v) is 8.44. The van der Waals surface area contributed by atoms with Gasteiger partial charge in [-0.25, -0.2) is 0 Å². The van der Waals surface area contributed by atoms with Gasteiger partial charge < -0.3 is 29.7 Å².